The van der Waals surface area contributed by atoms with Crippen LogP contribution in [0.2, 0.25) is 0 Å². The van der Waals surface area contributed by atoms with Gasteiger partial charge in [0.25, 0.3) is 0 Å². The Morgan fingerprint density at radius 2 is 2.12 bits per heavy atom. The number of carbonyl (C=O) groups is 1. The molecule has 0 aliphatic carbocycles. The highest BCUT2D eigenvalue weighted by atomic mass is 16.5. The maximum absolute atomic E-state index is 12.3. The van der Waals surface area contributed by atoms with Gasteiger partial charge in [0.15, 0.2) is 5.69 Å². The summed E-state index contributed by atoms with van der Waals surface area (Å²) in [5.74, 6) is -0.381. The lowest BCUT2D eigenvalue weighted by atomic mass is 10.0. The van der Waals surface area contributed by atoms with E-state index in [0.29, 0.717) is 25.4 Å². The van der Waals surface area contributed by atoms with Crippen LogP contribution in [-0.4, -0.2) is 45.5 Å². The summed E-state index contributed by atoms with van der Waals surface area (Å²) in [6.45, 7) is 9.18. The predicted octanol–water partition coefficient (Wildman–Crippen LogP) is 2.23. The van der Waals surface area contributed by atoms with Crippen LogP contribution in [0.3, 0.4) is 0 Å². The molecular weight excluding hydrogens is 330 g/mol. The van der Waals surface area contributed by atoms with Gasteiger partial charge in [-0.1, -0.05) is 18.2 Å². The van der Waals surface area contributed by atoms with Crippen molar-refractivity contribution in [1.82, 2.24) is 14.7 Å². The maximum Gasteiger partial charge on any atom is 0.359 e. The van der Waals surface area contributed by atoms with Gasteiger partial charge in [-0.25, -0.2) is 4.79 Å². The number of benzene rings is 1. The molecule has 0 saturated carbocycles. The van der Waals surface area contributed by atoms with Gasteiger partial charge in [-0.2, -0.15) is 5.10 Å². The predicted molar refractivity (Wildman–Crippen MR) is 99.0 cm³/mol. The third-order valence-electron chi connectivity index (χ3n) is 4.97. The molecule has 0 amide bonds. The van der Waals surface area contributed by atoms with Gasteiger partial charge < -0.3 is 9.84 Å². The zero-order chi connectivity index (χ0) is 18.7. The van der Waals surface area contributed by atoms with Crippen molar-refractivity contribution in [3.05, 3.63) is 51.8 Å². The van der Waals surface area contributed by atoms with Crippen LogP contribution < -0.4 is 0 Å². The lowest BCUT2D eigenvalue weighted by molar-refractivity contribution is 0.0515. The van der Waals surface area contributed by atoms with Crippen LogP contribution in [0.25, 0.3) is 0 Å². The summed E-state index contributed by atoms with van der Waals surface area (Å²) >= 11 is 0. The summed E-state index contributed by atoms with van der Waals surface area (Å²) in [6.07, 6.45) is 0.812. The summed E-state index contributed by atoms with van der Waals surface area (Å²) in [5.41, 5.74) is 6.23. The minimum absolute atomic E-state index is 0.00272. The summed E-state index contributed by atoms with van der Waals surface area (Å²) in [7, 11) is 0. The third-order valence-corrected chi connectivity index (χ3v) is 4.97. The average molecular weight is 357 g/mol. The Morgan fingerprint density at radius 1 is 1.31 bits per heavy atom. The zero-order valence-corrected chi connectivity index (χ0v) is 15.8. The molecule has 0 bridgehead atoms. The quantitative estimate of drug-likeness (QED) is 0.803. The second-order valence-electron chi connectivity index (χ2n) is 6.82. The van der Waals surface area contributed by atoms with Gasteiger partial charge in [-0.15, -0.1) is 0 Å². The Morgan fingerprint density at radius 3 is 2.81 bits per heavy atom. The second kappa shape index (κ2) is 8.01. The number of carbonyl (C=O) groups excluding carboxylic acids is 1. The number of aryl methyl sites for hydroxylation is 2. The number of aromatic nitrogens is 2. The molecule has 0 radical (unpaired) electrons. The number of hydrogen-bond acceptors (Lipinski definition) is 5. The molecule has 1 N–H and O–H groups in total. The van der Waals surface area contributed by atoms with Crippen LogP contribution >= 0.6 is 0 Å². The van der Waals surface area contributed by atoms with Gasteiger partial charge in [0, 0.05) is 37.3 Å². The van der Waals surface area contributed by atoms with E-state index in [1.165, 1.54) is 16.7 Å². The molecule has 0 fully saturated rings. The van der Waals surface area contributed by atoms with E-state index < -0.39 is 0 Å². The van der Waals surface area contributed by atoms with Crippen molar-refractivity contribution in [3.8, 4) is 0 Å². The lowest BCUT2D eigenvalue weighted by Crippen LogP contribution is -2.31. The van der Waals surface area contributed by atoms with Gasteiger partial charge >= 0.3 is 5.97 Å². The van der Waals surface area contributed by atoms with Gasteiger partial charge in [0.05, 0.1) is 19.8 Å². The Hall–Kier alpha value is -2.18. The number of aliphatic hydroxyl groups is 1. The van der Waals surface area contributed by atoms with E-state index in [1.54, 1.807) is 11.6 Å². The molecule has 0 saturated heterocycles. The van der Waals surface area contributed by atoms with E-state index in [0.717, 1.165) is 30.8 Å². The fraction of sp³-hybridized carbons (Fsp3) is 0.500. The minimum atomic E-state index is -0.381. The Bertz CT molecular complexity index is 798. The molecule has 140 valence electrons. The third kappa shape index (κ3) is 3.81. The molecule has 2 aromatic rings. The zero-order valence-electron chi connectivity index (χ0n) is 15.8. The summed E-state index contributed by atoms with van der Waals surface area (Å²) in [4.78, 5) is 14.6. The van der Waals surface area contributed by atoms with Crippen LogP contribution in [0.1, 0.15) is 45.4 Å². The van der Waals surface area contributed by atoms with Crippen molar-refractivity contribution < 1.29 is 14.6 Å². The standard InChI is InChI=1S/C20H27N3O3/c1-4-26-20(25)19-17-13-22(8-7-18(17)23(21-19)9-10-24)12-16-6-5-14(2)15(3)11-16/h5-6,11,24H,4,7-10,12-13H2,1-3H3. The number of esters is 1. The molecule has 0 spiro atoms. The molecule has 1 aromatic carbocycles. The molecule has 6 nitrogen and oxygen atoms in total. The Labute approximate surface area is 154 Å². The van der Waals surface area contributed by atoms with Crippen molar-refractivity contribution in [1.29, 1.82) is 0 Å². The highest BCUT2D eigenvalue weighted by Gasteiger charge is 2.28. The van der Waals surface area contributed by atoms with Gasteiger partial charge in [0.2, 0.25) is 0 Å². The van der Waals surface area contributed by atoms with E-state index in [4.69, 9.17) is 4.74 Å². The first-order valence-electron chi connectivity index (χ1n) is 9.18. The van der Waals surface area contributed by atoms with E-state index in [9.17, 15) is 9.90 Å². The summed E-state index contributed by atoms with van der Waals surface area (Å²) in [6, 6.07) is 6.55. The number of hydrogen-bond donors (Lipinski definition) is 1. The van der Waals surface area contributed by atoms with Crippen molar-refractivity contribution >= 4 is 5.97 Å². The first kappa shape index (κ1) is 18.6. The first-order chi connectivity index (χ1) is 12.5. The van der Waals surface area contributed by atoms with Crippen LogP contribution in [-0.2, 0) is 30.8 Å². The Balaban J connectivity index is 1.83. The molecule has 0 unspecified atom stereocenters. The SMILES string of the molecule is CCOC(=O)c1nn(CCO)c2c1CN(Cc1ccc(C)c(C)c1)CC2. The maximum atomic E-state index is 12.3. The number of aliphatic hydroxyl groups excluding tert-OH is 1. The van der Waals surface area contributed by atoms with E-state index in [-0.39, 0.29) is 12.6 Å². The van der Waals surface area contributed by atoms with Crippen LogP contribution in [0.15, 0.2) is 18.2 Å². The number of nitrogens with zero attached hydrogens (tertiary/aromatic N) is 3. The van der Waals surface area contributed by atoms with E-state index >= 15 is 0 Å². The number of ether oxygens (including phenoxy) is 1. The largest absolute Gasteiger partial charge is 0.461 e. The molecule has 2 heterocycles. The Kier molecular flexibility index (Phi) is 5.74. The van der Waals surface area contributed by atoms with Gasteiger partial charge in [-0.05, 0) is 37.5 Å². The first-order valence-corrected chi connectivity index (χ1v) is 9.18. The molecule has 26 heavy (non-hydrogen) atoms. The summed E-state index contributed by atoms with van der Waals surface area (Å²) < 4.78 is 6.93. The molecule has 3 rings (SSSR count). The van der Waals surface area contributed by atoms with Gasteiger partial charge in [-0.3, -0.25) is 9.58 Å². The smallest absolute Gasteiger partial charge is 0.359 e. The van der Waals surface area contributed by atoms with Gasteiger partial charge in [0.1, 0.15) is 0 Å². The number of rotatable bonds is 6. The highest BCUT2D eigenvalue weighted by Crippen LogP contribution is 2.25. The highest BCUT2D eigenvalue weighted by molar-refractivity contribution is 5.89. The van der Waals surface area contributed by atoms with Crippen molar-refractivity contribution in [3.63, 3.8) is 0 Å². The average Bonchev–Trinajstić information content (AvgIpc) is 2.97. The molecule has 1 aromatic heterocycles. The topological polar surface area (TPSA) is 67.6 Å². The van der Waals surface area contributed by atoms with Crippen molar-refractivity contribution in [2.24, 2.45) is 0 Å². The monoisotopic (exact) mass is 357 g/mol. The lowest BCUT2D eigenvalue weighted by Gasteiger charge is -2.28. The van der Waals surface area contributed by atoms with Crippen molar-refractivity contribution in [2.45, 2.75) is 46.8 Å². The second-order valence-corrected chi connectivity index (χ2v) is 6.82. The van der Waals surface area contributed by atoms with Crippen LogP contribution in [0.5, 0.6) is 0 Å². The molecular formula is C20H27N3O3. The van der Waals surface area contributed by atoms with Crippen LogP contribution in [0, 0.1) is 13.8 Å². The minimum Gasteiger partial charge on any atom is -0.461 e. The fourth-order valence-corrected chi connectivity index (χ4v) is 3.48. The van der Waals surface area contributed by atoms with E-state index in [1.807, 2.05) is 0 Å². The van der Waals surface area contributed by atoms with Crippen molar-refractivity contribution in [2.75, 3.05) is 19.8 Å². The molecule has 6 heteroatoms. The normalized spacial score (nSPS) is 14.3. The van der Waals surface area contributed by atoms with Crippen LogP contribution in [0.4, 0.5) is 0 Å². The molecule has 1 aliphatic heterocycles. The summed E-state index contributed by atoms with van der Waals surface area (Å²) in [5, 5.41) is 13.7. The fourth-order valence-electron chi connectivity index (χ4n) is 3.48. The molecule has 0 atom stereocenters. The molecule has 1 aliphatic rings. The number of fused-ring (bicyclic) bond motifs is 1. The van der Waals surface area contributed by atoms with E-state index in [2.05, 4.69) is 42.0 Å².